The number of Topliss-reactive ketones (excluding diaryl/α,β-unsaturated/α-hetero) is 1. The quantitative estimate of drug-likeness (QED) is 0.751. The molecular formula is C23H33NO. The van der Waals surface area contributed by atoms with Crippen LogP contribution in [0.4, 0.5) is 0 Å². The maximum atomic E-state index is 12.9. The number of benzene rings is 1. The number of aryl methyl sites for hydroxylation is 1. The molecule has 2 nitrogen and oxygen atoms in total. The number of nitrogens with zero attached hydrogens (tertiary/aromatic N) is 1. The van der Waals surface area contributed by atoms with E-state index in [0.717, 1.165) is 50.6 Å². The number of ketones is 1. The van der Waals surface area contributed by atoms with Crippen molar-refractivity contribution in [2.24, 2.45) is 23.7 Å². The van der Waals surface area contributed by atoms with Crippen LogP contribution < -0.4 is 0 Å². The van der Waals surface area contributed by atoms with Crippen LogP contribution in [0.5, 0.6) is 0 Å². The number of allylic oxidation sites excluding steroid dienone is 1. The molecule has 2 fully saturated rings. The fourth-order valence-corrected chi connectivity index (χ4v) is 4.77. The Balaban J connectivity index is 1.54. The van der Waals surface area contributed by atoms with E-state index in [1.165, 1.54) is 23.2 Å². The molecule has 0 spiro atoms. The topological polar surface area (TPSA) is 20.3 Å². The van der Waals surface area contributed by atoms with Crippen LogP contribution in [-0.2, 0) is 11.2 Å². The SMILES string of the molecule is C=C(CC1CCC(Cc2ccc(C)cc2)C1=O)N1CC(C)CC(C)C1. The predicted molar refractivity (Wildman–Crippen MR) is 104 cm³/mol. The molecule has 1 saturated carbocycles. The average Bonchev–Trinajstić information content (AvgIpc) is 2.89. The Morgan fingerprint density at radius 1 is 1.08 bits per heavy atom. The molecule has 2 heteroatoms. The van der Waals surface area contributed by atoms with E-state index in [9.17, 15) is 4.79 Å². The van der Waals surface area contributed by atoms with Gasteiger partial charge >= 0.3 is 0 Å². The number of piperidine rings is 1. The van der Waals surface area contributed by atoms with E-state index in [0.29, 0.717) is 5.78 Å². The number of carbonyl (C=O) groups excluding carboxylic acids is 1. The van der Waals surface area contributed by atoms with Crippen molar-refractivity contribution in [2.75, 3.05) is 13.1 Å². The molecule has 1 saturated heterocycles. The zero-order valence-electron chi connectivity index (χ0n) is 16.1. The Labute approximate surface area is 153 Å². The summed E-state index contributed by atoms with van der Waals surface area (Å²) < 4.78 is 0. The van der Waals surface area contributed by atoms with E-state index >= 15 is 0 Å². The van der Waals surface area contributed by atoms with Crippen molar-refractivity contribution in [3.8, 4) is 0 Å². The van der Waals surface area contributed by atoms with Gasteiger partial charge in [-0.1, -0.05) is 50.3 Å². The monoisotopic (exact) mass is 339 g/mol. The Kier molecular flexibility index (Phi) is 5.66. The van der Waals surface area contributed by atoms with E-state index in [1.54, 1.807) is 0 Å². The first kappa shape index (κ1) is 18.2. The summed E-state index contributed by atoms with van der Waals surface area (Å²) in [5.74, 6) is 2.33. The van der Waals surface area contributed by atoms with Gasteiger partial charge < -0.3 is 4.90 Å². The van der Waals surface area contributed by atoms with Crippen LogP contribution in [0.1, 0.15) is 50.7 Å². The number of hydrogen-bond donors (Lipinski definition) is 0. The van der Waals surface area contributed by atoms with Crippen LogP contribution in [0.3, 0.4) is 0 Å². The van der Waals surface area contributed by atoms with Crippen LogP contribution in [0.25, 0.3) is 0 Å². The van der Waals surface area contributed by atoms with Gasteiger partial charge in [0.2, 0.25) is 0 Å². The Bertz CT molecular complexity index is 607. The maximum absolute atomic E-state index is 12.9. The summed E-state index contributed by atoms with van der Waals surface area (Å²) in [5, 5.41) is 0. The highest BCUT2D eigenvalue weighted by Gasteiger charge is 2.35. The minimum atomic E-state index is 0.190. The van der Waals surface area contributed by atoms with Crippen LogP contribution in [0.15, 0.2) is 36.5 Å². The van der Waals surface area contributed by atoms with Crippen LogP contribution in [0, 0.1) is 30.6 Å². The van der Waals surface area contributed by atoms with Crippen LogP contribution in [-0.4, -0.2) is 23.8 Å². The highest BCUT2D eigenvalue weighted by atomic mass is 16.1. The second-order valence-corrected chi connectivity index (χ2v) is 8.68. The molecule has 2 aliphatic rings. The van der Waals surface area contributed by atoms with E-state index in [2.05, 4.69) is 56.5 Å². The summed E-state index contributed by atoms with van der Waals surface area (Å²) in [4.78, 5) is 15.3. The maximum Gasteiger partial charge on any atom is 0.139 e. The molecule has 0 amide bonds. The minimum Gasteiger partial charge on any atom is -0.375 e. The normalized spacial score (nSPS) is 29.9. The summed E-state index contributed by atoms with van der Waals surface area (Å²) in [6.45, 7) is 13.3. The zero-order valence-corrected chi connectivity index (χ0v) is 16.1. The van der Waals surface area contributed by atoms with E-state index in [1.807, 2.05) is 0 Å². The second-order valence-electron chi connectivity index (χ2n) is 8.68. The number of hydrogen-bond acceptors (Lipinski definition) is 2. The van der Waals surface area contributed by atoms with Crippen molar-refractivity contribution in [1.29, 1.82) is 0 Å². The van der Waals surface area contributed by atoms with E-state index in [-0.39, 0.29) is 11.8 Å². The van der Waals surface area contributed by atoms with Crippen LogP contribution in [0.2, 0.25) is 0 Å². The van der Waals surface area contributed by atoms with Crippen molar-refractivity contribution in [3.63, 3.8) is 0 Å². The first-order valence-electron chi connectivity index (χ1n) is 9.94. The van der Waals surface area contributed by atoms with Gasteiger partial charge in [-0.2, -0.15) is 0 Å². The first-order chi connectivity index (χ1) is 11.9. The number of rotatable bonds is 5. The molecule has 1 aliphatic heterocycles. The molecule has 0 bridgehead atoms. The Hall–Kier alpha value is -1.57. The molecular weight excluding hydrogens is 306 g/mol. The molecule has 1 aromatic rings. The zero-order chi connectivity index (χ0) is 18.0. The van der Waals surface area contributed by atoms with E-state index in [4.69, 9.17) is 0 Å². The molecule has 25 heavy (non-hydrogen) atoms. The molecule has 3 rings (SSSR count). The third-order valence-corrected chi connectivity index (χ3v) is 6.07. The lowest BCUT2D eigenvalue weighted by Crippen LogP contribution is -2.38. The van der Waals surface area contributed by atoms with Crippen molar-refractivity contribution >= 4 is 5.78 Å². The standard InChI is InChI=1S/C23H33NO/c1-16-5-7-20(8-6-16)13-22-10-9-21(23(22)25)12-19(4)24-14-17(2)11-18(3)15-24/h5-8,17-18,21-22H,4,9-15H2,1-3H3. The Morgan fingerprint density at radius 2 is 1.68 bits per heavy atom. The third-order valence-electron chi connectivity index (χ3n) is 6.07. The molecule has 136 valence electrons. The number of likely N-dealkylation sites (tertiary alicyclic amines) is 1. The van der Waals surface area contributed by atoms with Crippen molar-refractivity contribution < 1.29 is 4.79 Å². The summed E-state index contributed by atoms with van der Waals surface area (Å²) in [7, 11) is 0. The van der Waals surface area contributed by atoms with Crippen molar-refractivity contribution in [2.45, 2.75) is 52.9 Å². The lowest BCUT2D eigenvalue weighted by Gasteiger charge is -2.38. The molecule has 1 aliphatic carbocycles. The van der Waals surface area contributed by atoms with Gasteiger partial charge in [-0.3, -0.25) is 4.79 Å². The first-order valence-corrected chi connectivity index (χ1v) is 9.94. The van der Waals surface area contributed by atoms with Gasteiger partial charge in [0.1, 0.15) is 5.78 Å². The van der Waals surface area contributed by atoms with Gasteiger partial charge in [0, 0.05) is 30.6 Å². The predicted octanol–water partition coefficient (Wildman–Crippen LogP) is 5.01. The Morgan fingerprint density at radius 3 is 2.32 bits per heavy atom. The van der Waals surface area contributed by atoms with Gasteiger partial charge in [0.25, 0.3) is 0 Å². The molecule has 4 atom stereocenters. The van der Waals surface area contributed by atoms with Gasteiger partial charge in [0.15, 0.2) is 0 Å². The fourth-order valence-electron chi connectivity index (χ4n) is 4.77. The van der Waals surface area contributed by atoms with Gasteiger partial charge in [-0.15, -0.1) is 0 Å². The highest BCUT2D eigenvalue weighted by Crippen LogP contribution is 2.35. The molecule has 1 aromatic carbocycles. The lowest BCUT2D eigenvalue weighted by atomic mass is 9.90. The molecule has 1 heterocycles. The second kappa shape index (κ2) is 7.76. The minimum absolute atomic E-state index is 0.190. The van der Waals surface area contributed by atoms with Gasteiger partial charge in [0.05, 0.1) is 0 Å². The van der Waals surface area contributed by atoms with Crippen molar-refractivity contribution in [3.05, 3.63) is 47.7 Å². The number of carbonyl (C=O) groups is 1. The summed E-state index contributed by atoms with van der Waals surface area (Å²) >= 11 is 0. The lowest BCUT2D eigenvalue weighted by molar-refractivity contribution is -0.123. The molecule has 0 N–H and O–H groups in total. The third kappa shape index (κ3) is 4.54. The average molecular weight is 340 g/mol. The molecule has 0 radical (unpaired) electrons. The molecule has 4 unspecified atom stereocenters. The summed E-state index contributed by atoms with van der Waals surface area (Å²) in [6.07, 6.45) is 5.15. The van der Waals surface area contributed by atoms with Gasteiger partial charge in [-0.25, -0.2) is 0 Å². The summed E-state index contributed by atoms with van der Waals surface area (Å²) in [6, 6.07) is 8.64. The largest absolute Gasteiger partial charge is 0.375 e. The van der Waals surface area contributed by atoms with Crippen molar-refractivity contribution in [1.82, 2.24) is 4.90 Å². The van der Waals surface area contributed by atoms with E-state index < -0.39 is 0 Å². The highest BCUT2D eigenvalue weighted by molar-refractivity contribution is 5.85. The fraction of sp³-hybridized carbons (Fsp3) is 0.609. The van der Waals surface area contributed by atoms with Gasteiger partial charge in [-0.05, 0) is 56.4 Å². The molecule has 0 aromatic heterocycles. The van der Waals surface area contributed by atoms with Crippen LogP contribution >= 0.6 is 0 Å². The summed E-state index contributed by atoms with van der Waals surface area (Å²) in [5.41, 5.74) is 3.76. The smallest absolute Gasteiger partial charge is 0.139 e.